The van der Waals surface area contributed by atoms with Crippen molar-refractivity contribution in [2.45, 2.75) is 11.8 Å². The number of benzene rings is 2. The molecule has 3 aromatic rings. The molecule has 0 bridgehead atoms. The molecule has 0 saturated heterocycles. The third-order valence-corrected chi connectivity index (χ3v) is 5.02. The zero-order valence-corrected chi connectivity index (χ0v) is 15.1. The lowest BCUT2D eigenvalue weighted by Gasteiger charge is -2.11. The van der Waals surface area contributed by atoms with Crippen LogP contribution in [0, 0.1) is 6.92 Å². The lowest BCUT2D eigenvalue weighted by Crippen LogP contribution is -2.12. The second kappa shape index (κ2) is 6.56. The van der Waals surface area contributed by atoms with E-state index in [2.05, 4.69) is 4.98 Å². The minimum atomic E-state index is -3.82. The zero-order valence-electron chi connectivity index (χ0n) is 13.5. The van der Waals surface area contributed by atoms with E-state index in [1.165, 1.54) is 12.1 Å². The number of nitrogens with two attached hydrogens (primary N) is 1. The Hall–Kier alpha value is -2.68. The van der Waals surface area contributed by atoms with Gasteiger partial charge in [0.05, 0.1) is 10.6 Å². The van der Waals surface area contributed by atoms with Crippen LogP contribution >= 0.6 is 11.6 Å². The molecule has 1 aromatic heterocycles. The topological polar surface area (TPSA) is 115 Å². The van der Waals surface area contributed by atoms with Gasteiger partial charge in [0.25, 0.3) is 0 Å². The van der Waals surface area contributed by atoms with E-state index >= 15 is 0 Å². The predicted molar refractivity (Wildman–Crippen MR) is 97.1 cm³/mol. The Morgan fingerprint density at radius 2 is 1.69 bits per heavy atom. The van der Waals surface area contributed by atoms with Gasteiger partial charge in [-0.2, -0.15) is 0 Å². The minimum Gasteiger partial charge on any atom is -0.476 e. The Bertz CT molecular complexity index is 1090. The molecule has 0 amide bonds. The van der Waals surface area contributed by atoms with Gasteiger partial charge in [0.1, 0.15) is 5.82 Å². The number of carbonyl (C=O) groups is 1. The van der Waals surface area contributed by atoms with Crippen molar-refractivity contribution < 1.29 is 18.3 Å². The highest BCUT2D eigenvalue weighted by Gasteiger charge is 2.21. The van der Waals surface area contributed by atoms with E-state index in [9.17, 15) is 18.3 Å². The lowest BCUT2D eigenvalue weighted by molar-refractivity contribution is 0.0690. The summed E-state index contributed by atoms with van der Waals surface area (Å²) >= 11 is 5.91. The summed E-state index contributed by atoms with van der Waals surface area (Å²) in [6, 6.07) is 12.6. The fourth-order valence-electron chi connectivity index (χ4n) is 2.60. The van der Waals surface area contributed by atoms with Gasteiger partial charge >= 0.3 is 5.97 Å². The van der Waals surface area contributed by atoms with Gasteiger partial charge in [-0.15, -0.1) is 0 Å². The van der Waals surface area contributed by atoms with Crippen molar-refractivity contribution in [1.82, 2.24) is 9.55 Å². The zero-order chi connectivity index (χ0) is 19.1. The first-order valence-corrected chi connectivity index (χ1v) is 9.32. The molecule has 3 N–H and O–H groups in total. The Morgan fingerprint density at radius 3 is 2.19 bits per heavy atom. The first-order valence-electron chi connectivity index (χ1n) is 7.40. The second-order valence-corrected chi connectivity index (χ2v) is 7.55. The van der Waals surface area contributed by atoms with E-state index in [-0.39, 0.29) is 10.6 Å². The van der Waals surface area contributed by atoms with Crippen LogP contribution in [0.25, 0.3) is 17.1 Å². The van der Waals surface area contributed by atoms with Crippen molar-refractivity contribution in [2.24, 2.45) is 5.14 Å². The van der Waals surface area contributed by atoms with Gasteiger partial charge in [-0.05, 0) is 55.5 Å². The molecular weight excluding hydrogens is 378 g/mol. The fourth-order valence-corrected chi connectivity index (χ4v) is 3.24. The van der Waals surface area contributed by atoms with Gasteiger partial charge in [-0.1, -0.05) is 11.6 Å². The first-order chi connectivity index (χ1) is 12.2. The lowest BCUT2D eigenvalue weighted by atomic mass is 10.2. The normalized spacial score (nSPS) is 11.5. The number of hydrogen-bond acceptors (Lipinski definition) is 4. The average molecular weight is 392 g/mol. The van der Waals surface area contributed by atoms with Crippen LogP contribution in [0.4, 0.5) is 0 Å². The summed E-state index contributed by atoms with van der Waals surface area (Å²) in [6.07, 6.45) is 0. The summed E-state index contributed by atoms with van der Waals surface area (Å²) in [7, 11) is -3.82. The van der Waals surface area contributed by atoms with Crippen molar-refractivity contribution in [3.63, 3.8) is 0 Å². The molecule has 3 rings (SSSR count). The Labute approximate surface area is 154 Å². The van der Waals surface area contributed by atoms with E-state index in [1.807, 2.05) is 0 Å². The third-order valence-electron chi connectivity index (χ3n) is 3.84. The molecule has 0 spiro atoms. The van der Waals surface area contributed by atoms with Crippen molar-refractivity contribution in [3.05, 3.63) is 64.9 Å². The van der Waals surface area contributed by atoms with Gasteiger partial charge in [-0.3, -0.25) is 4.57 Å². The van der Waals surface area contributed by atoms with Crippen molar-refractivity contribution in [2.75, 3.05) is 0 Å². The largest absolute Gasteiger partial charge is 0.476 e. The number of aromatic carboxylic acids is 1. The molecule has 0 aliphatic carbocycles. The molecule has 0 fully saturated rings. The number of primary sulfonamides is 1. The smallest absolute Gasteiger partial charge is 0.356 e. The summed E-state index contributed by atoms with van der Waals surface area (Å²) < 4.78 is 24.5. The second-order valence-electron chi connectivity index (χ2n) is 5.56. The van der Waals surface area contributed by atoms with Gasteiger partial charge in [0.15, 0.2) is 5.69 Å². The van der Waals surface area contributed by atoms with E-state index in [0.717, 1.165) is 0 Å². The Balaban J connectivity index is 2.22. The highest BCUT2D eigenvalue weighted by Crippen LogP contribution is 2.28. The van der Waals surface area contributed by atoms with Crippen LogP contribution in [0.5, 0.6) is 0 Å². The maximum absolute atomic E-state index is 11.5. The van der Waals surface area contributed by atoms with Crippen molar-refractivity contribution >= 4 is 27.6 Å². The Morgan fingerprint density at radius 1 is 1.12 bits per heavy atom. The van der Waals surface area contributed by atoms with Crippen LogP contribution in [-0.4, -0.2) is 29.0 Å². The summed E-state index contributed by atoms with van der Waals surface area (Å²) in [5, 5.41) is 15.1. The number of hydrogen-bond donors (Lipinski definition) is 2. The molecule has 1 heterocycles. The molecule has 0 unspecified atom stereocenters. The predicted octanol–water partition coefficient (Wildman–Crippen LogP) is 2.85. The minimum absolute atomic E-state index is 0.0366. The molecule has 7 nitrogen and oxygen atoms in total. The number of carboxylic acids is 1. The maximum Gasteiger partial charge on any atom is 0.356 e. The summed E-state index contributed by atoms with van der Waals surface area (Å²) in [4.78, 5) is 15.7. The number of halogens is 1. The van der Waals surface area contributed by atoms with Crippen molar-refractivity contribution in [1.29, 1.82) is 0 Å². The monoisotopic (exact) mass is 391 g/mol. The maximum atomic E-state index is 11.5. The molecule has 0 aliphatic heterocycles. The molecule has 0 saturated carbocycles. The molecule has 0 aliphatic rings. The molecule has 0 atom stereocenters. The summed E-state index contributed by atoms with van der Waals surface area (Å²) in [5.74, 6) is -0.752. The number of nitrogens with zero attached hydrogens (tertiary/aromatic N) is 2. The SMILES string of the molecule is Cc1c(C(=O)O)nc(-c2ccc(Cl)cc2)n1-c1ccc(S(N)(=O)=O)cc1. The number of carboxylic acid groups (broad SMARTS) is 1. The van der Waals surface area contributed by atoms with Crippen LogP contribution < -0.4 is 5.14 Å². The van der Waals surface area contributed by atoms with Gasteiger partial charge in [0, 0.05) is 16.3 Å². The molecule has 134 valence electrons. The van der Waals surface area contributed by atoms with Gasteiger partial charge in [0.2, 0.25) is 10.0 Å². The van der Waals surface area contributed by atoms with E-state index in [4.69, 9.17) is 16.7 Å². The van der Waals surface area contributed by atoms with E-state index in [0.29, 0.717) is 27.8 Å². The summed E-state index contributed by atoms with van der Waals surface area (Å²) in [6.45, 7) is 1.63. The molecule has 26 heavy (non-hydrogen) atoms. The highest BCUT2D eigenvalue weighted by atomic mass is 35.5. The van der Waals surface area contributed by atoms with Crippen LogP contribution in [0.1, 0.15) is 16.2 Å². The van der Waals surface area contributed by atoms with Crippen LogP contribution in [0.15, 0.2) is 53.4 Å². The van der Waals surface area contributed by atoms with Crippen molar-refractivity contribution in [3.8, 4) is 17.1 Å². The quantitative estimate of drug-likeness (QED) is 0.709. The number of imidazole rings is 1. The van der Waals surface area contributed by atoms with E-state index in [1.54, 1.807) is 47.9 Å². The first kappa shape index (κ1) is 18.1. The van der Waals surface area contributed by atoms with Crippen LogP contribution in [0.2, 0.25) is 5.02 Å². The number of aromatic nitrogens is 2. The fraction of sp³-hybridized carbons (Fsp3) is 0.0588. The molecule has 9 heteroatoms. The number of sulfonamides is 1. The molecule has 2 aromatic carbocycles. The van der Waals surface area contributed by atoms with Gasteiger partial charge < -0.3 is 5.11 Å². The van der Waals surface area contributed by atoms with Crippen LogP contribution in [0.3, 0.4) is 0 Å². The highest BCUT2D eigenvalue weighted by molar-refractivity contribution is 7.89. The molecule has 0 radical (unpaired) electrons. The third kappa shape index (κ3) is 3.34. The number of rotatable bonds is 4. The standard InChI is InChI=1S/C17H14ClN3O4S/c1-10-15(17(22)23)20-16(11-2-4-12(18)5-3-11)21(10)13-6-8-14(9-7-13)26(19,24)25/h2-9H,1H3,(H,22,23)(H2,19,24,25). The van der Waals surface area contributed by atoms with E-state index < -0.39 is 16.0 Å². The van der Waals surface area contributed by atoms with Crippen LogP contribution in [-0.2, 0) is 10.0 Å². The van der Waals surface area contributed by atoms with Gasteiger partial charge in [-0.25, -0.2) is 23.3 Å². The summed E-state index contributed by atoms with van der Waals surface area (Å²) in [5.41, 5.74) is 1.54. The average Bonchev–Trinajstić information content (AvgIpc) is 2.92. The molecular formula is C17H14ClN3O4S. The Kier molecular flexibility index (Phi) is 4.57.